The van der Waals surface area contributed by atoms with Gasteiger partial charge in [-0.05, 0) is 25.0 Å². The number of hydrogen-bond donors (Lipinski definition) is 0. The van der Waals surface area contributed by atoms with Crippen LogP contribution in [0.15, 0.2) is 41.9 Å². The molecule has 126 valence electrons. The van der Waals surface area contributed by atoms with Crippen LogP contribution in [0.2, 0.25) is 0 Å². The molecule has 1 amide bonds. The minimum atomic E-state index is 0.179. The minimum absolute atomic E-state index is 0.179. The molecular formula is C19H16N2OS3. The fourth-order valence-electron chi connectivity index (χ4n) is 3.56. The summed E-state index contributed by atoms with van der Waals surface area (Å²) in [6, 6.07) is 10.5. The van der Waals surface area contributed by atoms with Gasteiger partial charge in [-0.1, -0.05) is 18.2 Å². The van der Waals surface area contributed by atoms with E-state index in [0.717, 1.165) is 35.8 Å². The molecule has 3 aromatic heterocycles. The van der Waals surface area contributed by atoms with Crippen molar-refractivity contribution in [3.63, 3.8) is 0 Å². The molecule has 1 fully saturated rings. The van der Waals surface area contributed by atoms with E-state index in [0.29, 0.717) is 5.92 Å². The molecule has 1 aliphatic rings. The summed E-state index contributed by atoms with van der Waals surface area (Å²) < 4.78 is 3.77. The Hall–Kier alpha value is -1.76. The van der Waals surface area contributed by atoms with Crippen molar-refractivity contribution in [2.75, 3.05) is 13.1 Å². The van der Waals surface area contributed by atoms with Gasteiger partial charge in [-0.25, -0.2) is 4.98 Å². The van der Waals surface area contributed by atoms with Gasteiger partial charge in [0, 0.05) is 45.4 Å². The lowest BCUT2D eigenvalue weighted by Gasteiger charge is -2.31. The molecule has 6 heteroatoms. The summed E-state index contributed by atoms with van der Waals surface area (Å²) in [4.78, 5) is 20.4. The van der Waals surface area contributed by atoms with E-state index in [9.17, 15) is 4.79 Å². The highest BCUT2D eigenvalue weighted by molar-refractivity contribution is 7.33. The third-order valence-electron chi connectivity index (χ3n) is 4.77. The number of nitrogens with zero attached hydrogens (tertiary/aromatic N) is 2. The molecule has 1 saturated heterocycles. The number of rotatable bonds is 2. The Bertz CT molecular complexity index is 1050. The van der Waals surface area contributed by atoms with Crippen molar-refractivity contribution in [2.24, 2.45) is 0 Å². The maximum Gasteiger partial charge on any atom is 0.264 e. The number of thiazole rings is 1. The normalized spacial score (nSPS) is 18.2. The van der Waals surface area contributed by atoms with Gasteiger partial charge in [0.1, 0.15) is 0 Å². The molecule has 0 aliphatic carbocycles. The largest absolute Gasteiger partial charge is 0.337 e. The third-order valence-corrected chi connectivity index (χ3v) is 8.11. The van der Waals surface area contributed by atoms with Crippen molar-refractivity contribution >= 4 is 59.4 Å². The van der Waals surface area contributed by atoms with Gasteiger partial charge in [-0.2, -0.15) is 0 Å². The number of thiophene rings is 2. The number of fused-ring (bicyclic) bond motifs is 3. The molecule has 25 heavy (non-hydrogen) atoms. The van der Waals surface area contributed by atoms with Crippen LogP contribution in [0.25, 0.3) is 19.5 Å². The maximum absolute atomic E-state index is 13.0. The van der Waals surface area contributed by atoms with E-state index in [4.69, 9.17) is 0 Å². The van der Waals surface area contributed by atoms with Crippen molar-refractivity contribution in [2.45, 2.75) is 18.8 Å². The number of likely N-dealkylation sites (tertiary alicyclic amines) is 1. The Morgan fingerprint density at radius 1 is 1.20 bits per heavy atom. The summed E-state index contributed by atoms with van der Waals surface area (Å²) >= 11 is 5.12. The predicted octanol–water partition coefficient (Wildman–Crippen LogP) is 5.59. The molecule has 0 spiro atoms. The van der Waals surface area contributed by atoms with Crippen LogP contribution in [-0.2, 0) is 0 Å². The van der Waals surface area contributed by atoms with Gasteiger partial charge in [0.25, 0.3) is 5.91 Å². The van der Waals surface area contributed by atoms with Gasteiger partial charge < -0.3 is 4.90 Å². The van der Waals surface area contributed by atoms with Gasteiger partial charge in [-0.15, -0.1) is 34.0 Å². The zero-order valence-corrected chi connectivity index (χ0v) is 15.9. The molecule has 5 rings (SSSR count). The van der Waals surface area contributed by atoms with Gasteiger partial charge in [0.15, 0.2) is 0 Å². The lowest BCUT2D eigenvalue weighted by atomic mass is 9.98. The van der Waals surface area contributed by atoms with Crippen LogP contribution in [0, 0.1) is 0 Å². The minimum Gasteiger partial charge on any atom is -0.337 e. The standard InChI is InChI=1S/C19H16N2OS3/c22-19(21-8-3-4-12(11-21)18-20-7-9-23-18)16-10-15-17(25-16)13-5-1-2-6-14(13)24-15/h1-2,5-7,9-10,12H,3-4,8,11H2. The van der Waals surface area contributed by atoms with E-state index >= 15 is 0 Å². The first kappa shape index (κ1) is 15.5. The Labute approximate surface area is 157 Å². The molecule has 1 aliphatic heterocycles. The molecule has 4 aromatic rings. The summed E-state index contributed by atoms with van der Waals surface area (Å²) in [6.07, 6.45) is 4.04. The van der Waals surface area contributed by atoms with Crippen LogP contribution in [0.4, 0.5) is 0 Å². The van der Waals surface area contributed by atoms with E-state index in [1.807, 2.05) is 16.5 Å². The lowest BCUT2D eigenvalue weighted by Crippen LogP contribution is -2.38. The quantitative estimate of drug-likeness (QED) is 0.451. The third kappa shape index (κ3) is 2.69. The van der Waals surface area contributed by atoms with Crippen LogP contribution in [0.3, 0.4) is 0 Å². The second-order valence-corrected chi connectivity index (χ2v) is 9.43. The highest BCUT2D eigenvalue weighted by Crippen LogP contribution is 2.40. The Balaban J connectivity index is 1.44. The maximum atomic E-state index is 13.0. The van der Waals surface area contributed by atoms with Gasteiger partial charge in [-0.3, -0.25) is 4.79 Å². The fraction of sp³-hybridized carbons (Fsp3) is 0.263. The van der Waals surface area contributed by atoms with E-state index in [1.54, 1.807) is 34.0 Å². The number of amides is 1. The average Bonchev–Trinajstić information content (AvgIpc) is 3.37. The van der Waals surface area contributed by atoms with Crippen molar-refractivity contribution in [3.8, 4) is 0 Å². The van der Waals surface area contributed by atoms with Gasteiger partial charge in [0.05, 0.1) is 14.6 Å². The monoisotopic (exact) mass is 384 g/mol. The number of piperidine rings is 1. The first-order chi connectivity index (χ1) is 12.3. The molecule has 0 bridgehead atoms. The van der Waals surface area contributed by atoms with E-state index in [1.165, 1.54) is 19.5 Å². The number of carbonyl (C=O) groups is 1. The van der Waals surface area contributed by atoms with Gasteiger partial charge in [0.2, 0.25) is 0 Å². The van der Waals surface area contributed by atoms with Crippen LogP contribution in [-0.4, -0.2) is 28.9 Å². The van der Waals surface area contributed by atoms with Crippen molar-refractivity contribution < 1.29 is 4.79 Å². The number of hydrogen-bond acceptors (Lipinski definition) is 5. The molecular weight excluding hydrogens is 368 g/mol. The Morgan fingerprint density at radius 3 is 3.00 bits per heavy atom. The van der Waals surface area contributed by atoms with Crippen LogP contribution >= 0.6 is 34.0 Å². The highest BCUT2D eigenvalue weighted by Gasteiger charge is 2.28. The van der Waals surface area contributed by atoms with Crippen LogP contribution in [0.1, 0.15) is 33.4 Å². The van der Waals surface area contributed by atoms with Crippen LogP contribution < -0.4 is 0 Å². The van der Waals surface area contributed by atoms with Crippen LogP contribution in [0.5, 0.6) is 0 Å². The van der Waals surface area contributed by atoms with Gasteiger partial charge >= 0.3 is 0 Å². The Kier molecular flexibility index (Phi) is 3.84. The zero-order chi connectivity index (χ0) is 16.8. The summed E-state index contributed by atoms with van der Waals surface area (Å²) in [5.41, 5.74) is 0. The van der Waals surface area contributed by atoms with Crippen molar-refractivity contribution in [1.29, 1.82) is 0 Å². The molecule has 0 saturated carbocycles. The molecule has 1 aromatic carbocycles. The van der Waals surface area contributed by atoms with E-state index in [-0.39, 0.29) is 5.91 Å². The van der Waals surface area contributed by atoms with Crippen molar-refractivity contribution in [3.05, 3.63) is 51.8 Å². The molecule has 3 nitrogen and oxygen atoms in total. The summed E-state index contributed by atoms with van der Waals surface area (Å²) in [7, 11) is 0. The van der Waals surface area contributed by atoms with E-state index < -0.39 is 0 Å². The zero-order valence-electron chi connectivity index (χ0n) is 13.5. The summed E-state index contributed by atoms with van der Waals surface area (Å²) in [5.74, 6) is 0.568. The Morgan fingerprint density at radius 2 is 2.12 bits per heavy atom. The molecule has 4 heterocycles. The number of carbonyl (C=O) groups excluding carboxylic acids is 1. The average molecular weight is 385 g/mol. The van der Waals surface area contributed by atoms with E-state index in [2.05, 4.69) is 35.3 Å². The molecule has 1 atom stereocenters. The first-order valence-electron chi connectivity index (χ1n) is 8.39. The molecule has 1 unspecified atom stereocenters. The fourth-order valence-corrected chi connectivity index (χ4v) is 6.82. The SMILES string of the molecule is O=C(c1cc2sc3ccccc3c2s1)N1CCCC(c2nccs2)C1. The first-order valence-corrected chi connectivity index (χ1v) is 10.9. The summed E-state index contributed by atoms with van der Waals surface area (Å²) in [6.45, 7) is 1.64. The predicted molar refractivity (Wildman–Crippen MR) is 107 cm³/mol. The smallest absolute Gasteiger partial charge is 0.264 e. The number of benzene rings is 1. The second-order valence-electron chi connectivity index (χ2n) is 6.36. The summed E-state index contributed by atoms with van der Waals surface area (Å²) in [5, 5.41) is 4.45. The lowest BCUT2D eigenvalue weighted by molar-refractivity contribution is 0.0712. The topological polar surface area (TPSA) is 33.2 Å². The molecule has 0 radical (unpaired) electrons. The second kappa shape index (κ2) is 6.20. The number of aromatic nitrogens is 1. The molecule has 0 N–H and O–H groups in total. The van der Waals surface area contributed by atoms with Crippen molar-refractivity contribution in [1.82, 2.24) is 9.88 Å². The highest BCUT2D eigenvalue weighted by atomic mass is 32.1.